The minimum Gasteiger partial charge on any atom is -0.464 e. The van der Waals surface area contributed by atoms with Gasteiger partial charge < -0.3 is 19.5 Å². The molecule has 2 amide bonds. The molecule has 2 unspecified atom stereocenters. The highest BCUT2D eigenvalue weighted by atomic mass is 35.5. The van der Waals surface area contributed by atoms with Crippen LogP contribution in [0, 0.1) is 0 Å². The average Bonchev–Trinajstić information content (AvgIpc) is 2.98. The molecule has 1 rings (SSSR count). The van der Waals surface area contributed by atoms with Crippen LogP contribution in [0.15, 0.2) is 5.38 Å². The van der Waals surface area contributed by atoms with Gasteiger partial charge in [0.05, 0.1) is 12.3 Å². The Morgan fingerprint density at radius 1 is 1.21 bits per heavy atom. The maximum Gasteiger partial charge on any atom is 0.415 e. The van der Waals surface area contributed by atoms with Crippen LogP contribution in [-0.2, 0) is 19.0 Å². The maximum absolute atomic E-state index is 12.2. The first-order valence-electron chi connectivity index (χ1n) is 7.94. The number of aromatic nitrogens is 1. The van der Waals surface area contributed by atoms with Gasteiger partial charge in [0.2, 0.25) is 5.56 Å². The van der Waals surface area contributed by atoms with E-state index in [0.29, 0.717) is 0 Å². The molecule has 0 saturated carbocycles. The first kappa shape index (κ1) is 24.5. The van der Waals surface area contributed by atoms with Gasteiger partial charge in [-0.2, -0.15) is 0 Å². The van der Waals surface area contributed by atoms with E-state index in [1.54, 1.807) is 27.7 Å². The number of carbonyl (C=O) groups excluding carboxylic acids is 3. The van der Waals surface area contributed by atoms with Gasteiger partial charge in [-0.15, -0.1) is 11.3 Å². The molecular formula is C15H20Cl3N3O6S. The highest BCUT2D eigenvalue weighted by Crippen LogP contribution is 2.23. The molecular weight excluding hydrogens is 457 g/mol. The molecule has 0 aromatic carbocycles. The molecule has 28 heavy (non-hydrogen) atoms. The van der Waals surface area contributed by atoms with Crippen LogP contribution in [0.2, 0.25) is 0 Å². The Balaban J connectivity index is 2.87. The van der Waals surface area contributed by atoms with Crippen LogP contribution >= 0.6 is 46.1 Å². The minimum atomic E-state index is -1.26. The monoisotopic (exact) mass is 475 g/mol. The van der Waals surface area contributed by atoms with Crippen molar-refractivity contribution >= 4 is 69.4 Å². The van der Waals surface area contributed by atoms with E-state index in [9.17, 15) is 14.4 Å². The Labute approximate surface area is 181 Å². The number of nitrogens with one attached hydrogen (secondary N) is 2. The van der Waals surface area contributed by atoms with Crippen LogP contribution in [0.4, 0.5) is 14.7 Å². The number of nitrogens with zero attached hydrogens (tertiary/aromatic N) is 1. The molecule has 0 aliphatic carbocycles. The molecule has 2 atom stereocenters. The minimum absolute atomic E-state index is 0.0878. The molecule has 158 valence electrons. The number of anilines is 1. The van der Waals surface area contributed by atoms with Crippen LogP contribution in [0.1, 0.15) is 39.4 Å². The fraction of sp³-hybridized carbons (Fsp3) is 0.600. The van der Waals surface area contributed by atoms with Gasteiger partial charge in [0.15, 0.2) is 16.0 Å². The van der Waals surface area contributed by atoms with Gasteiger partial charge in [-0.05, 0) is 27.7 Å². The lowest BCUT2D eigenvalue weighted by molar-refractivity contribution is -0.145. The first-order chi connectivity index (χ1) is 12.9. The predicted molar refractivity (Wildman–Crippen MR) is 106 cm³/mol. The zero-order valence-electron chi connectivity index (χ0n) is 15.5. The SMILES string of the molecule is CCOC(=O)C(NC(=O)OC(C)(C)C)c1csc(NC(=O)OC(Cl)C(Cl)Cl)n1. The first-order valence-corrected chi connectivity index (χ1v) is 10.1. The van der Waals surface area contributed by atoms with Gasteiger partial charge in [0.1, 0.15) is 5.60 Å². The molecule has 1 aromatic heterocycles. The van der Waals surface area contributed by atoms with Gasteiger partial charge in [0.25, 0.3) is 0 Å². The van der Waals surface area contributed by atoms with E-state index in [1.807, 2.05) is 0 Å². The number of amides is 2. The van der Waals surface area contributed by atoms with Gasteiger partial charge in [0, 0.05) is 5.38 Å². The lowest BCUT2D eigenvalue weighted by Gasteiger charge is -2.22. The number of hydrogen-bond acceptors (Lipinski definition) is 8. The fourth-order valence-corrected chi connectivity index (χ4v) is 2.56. The smallest absolute Gasteiger partial charge is 0.415 e. The summed E-state index contributed by atoms with van der Waals surface area (Å²) in [5.41, 5.74) is -1.88. The predicted octanol–water partition coefficient (Wildman–Crippen LogP) is 4.19. The standard InChI is InChI=1S/C15H20Cl3N3O6S/c1-5-25-11(22)8(20-14(24)27-15(2,3)4)7-6-28-12(19-7)21-13(23)26-10(18)9(16)17/h6,8-10H,5H2,1-4H3,(H,20,24)(H,19,21,23). The number of alkyl halides is 3. The molecule has 0 saturated heterocycles. The molecule has 0 aliphatic heterocycles. The van der Waals surface area contributed by atoms with Gasteiger partial charge in [-0.1, -0.05) is 34.8 Å². The summed E-state index contributed by atoms with van der Waals surface area (Å²) in [7, 11) is 0. The van der Waals surface area contributed by atoms with Crippen molar-refractivity contribution in [2.24, 2.45) is 0 Å². The molecule has 0 bridgehead atoms. The number of carbonyl (C=O) groups is 3. The second-order valence-corrected chi connectivity index (χ2v) is 8.58. The summed E-state index contributed by atoms with van der Waals surface area (Å²) < 4.78 is 14.8. The molecule has 0 spiro atoms. The lowest BCUT2D eigenvalue weighted by Crippen LogP contribution is -2.39. The third kappa shape index (κ3) is 8.68. The molecule has 1 heterocycles. The normalized spacial score (nSPS) is 13.4. The van der Waals surface area contributed by atoms with Crippen molar-refractivity contribution in [1.82, 2.24) is 10.3 Å². The van der Waals surface area contributed by atoms with Crippen LogP contribution in [0.3, 0.4) is 0 Å². The van der Waals surface area contributed by atoms with Crippen LogP contribution in [0.25, 0.3) is 0 Å². The van der Waals surface area contributed by atoms with E-state index in [4.69, 9.17) is 49.0 Å². The number of thiazole rings is 1. The Kier molecular flexibility index (Phi) is 9.55. The molecule has 1 aromatic rings. The van der Waals surface area contributed by atoms with Crippen LogP contribution in [-0.4, -0.2) is 45.7 Å². The average molecular weight is 477 g/mol. The van der Waals surface area contributed by atoms with Crippen molar-refractivity contribution in [3.63, 3.8) is 0 Å². The summed E-state index contributed by atoms with van der Waals surface area (Å²) >= 11 is 17.6. The number of halogens is 3. The maximum atomic E-state index is 12.2. The molecule has 9 nitrogen and oxygen atoms in total. The van der Waals surface area contributed by atoms with Crippen molar-refractivity contribution in [1.29, 1.82) is 0 Å². The van der Waals surface area contributed by atoms with Crippen molar-refractivity contribution in [3.05, 3.63) is 11.1 Å². The van der Waals surface area contributed by atoms with E-state index in [0.717, 1.165) is 11.3 Å². The molecule has 0 fully saturated rings. The summed E-state index contributed by atoms with van der Waals surface area (Å²) in [6.07, 6.45) is -1.77. The van der Waals surface area contributed by atoms with E-state index in [1.165, 1.54) is 5.38 Å². The summed E-state index contributed by atoms with van der Waals surface area (Å²) in [5, 5.41) is 6.26. The van der Waals surface area contributed by atoms with E-state index < -0.39 is 40.2 Å². The number of ether oxygens (including phenoxy) is 3. The van der Waals surface area contributed by atoms with Crippen LogP contribution in [0.5, 0.6) is 0 Å². The Bertz CT molecular complexity index is 695. The Morgan fingerprint density at radius 2 is 1.86 bits per heavy atom. The number of alkyl carbamates (subject to hydrolysis) is 1. The van der Waals surface area contributed by atoms with Crippen molar-refractivity contribution in [3.8, 4) is 0 Å². The fourth-order valence-electron chi connectivity index (χ4n) is 1.65. The largest absolute Gasteiger partial charge is 0.464 e. The topological polar surface area (TPSA) is 116 Å². The number of hydrogen-bond donors (Lipinski definition) is 2. The Morgan fingerprint density at radius 3 is 2.39 bits per heavy atom. The number of esters is 1. The van der Waals surface area contributed by atoms with E-state index >= 15 is 0 Å². The molecule has 2 N–H and O–H groups in total. The molecule has 0 aliphatic rings. The van der Waals surface area contributed by atoms with E-state index in [2.05, 4.69) is 15.6 Å². The third-order valence-electron chi connectivity index (χ3n) is 2.63. The third-order valence-corrected chi connectivity index (χ3v) is 4.46. The second-order valence-electron chi connectivity index (χ2n) is 6.12. The quantitative estimate of drug-likeness (QED) is 0.344. The zero-order chi connectivity index (χ0) is 21.5. The highest BCUT2D eigenvalue weighted by Gasteiger charge is 2.29. The zero-order valence-corrected chi connectivity index (χ0v) is 18.5. The second kappa shape index (κ2) is 10.9. The lowest BCUT2D eigenvalue weighted by atomic mass is 10.2. The van der Waals surface area contributed by atoms with Gasteiger partial charge >= 0.3 is 18.2 Å². The van der Waals surface area contributed by atoms with Gasteiger partial charge in [-0.25, -0.2) is 19.4 Å². The molecule has 13 heteroatoms. The highest BCUT2D eigenvalue weighted by molar-refractivity contribution is 7.13. The van der Waals surface area contributed by atoms with E-state index in [-0.39, 0.29) is 17.4 Å². The Hall–Kier alpha value is -1.49. The summed E-state index contributed by atoms with van der Waals surface area (Å²) in [6, 6.07) is -1.23. The summed E-state index contributed by atoms with van der Waals surface area (Å²) in [6.45, 7) is 6.76. The van der Waals surface area contributed by atoms with Crippen LogP contribution < -0.4 is 10.6 Å². The number of rotatable bonds is 7. The van der Waals surface area contributed by atoms with Gasteiger partial charge in [-0.3, -0.25) is 5.32 Å². The van der Waals surface area contributed by atoms with Crippen molar-refractivity contribution in [2.75, 3.05) is 11.9 Å². The summed E-state index contributed by atoms with van der Waals surface area (Å²) in [4.78, 5) is 38.9. The van der Waals surface area contributed by atoms with Crippen molar-refractivity contribution < 1.29 is 28.6 Å². The van der Waals surface area contributed by atoms with Crippen molar-refractivity contribution in [2.45, 2.75) is 49.7 Å². The molecule has 0 radical (unpaired) electrons. The summed E-state index contributed by atoms with van der Waals surface area (Å²) in [5.74, 6) is -0.735.